The molecule has 1 aromatic rings. The molecule has 1 fully saturated rings. The van der Waals surface area contributed by atoms with E-state index in [-0.39, 0.29) is 36.9 Å². The molecule has 0 atom stereocenters. The van der Waals surface area contributed by atoms with Crippen molar-refractivity contribution >= 4 is 17.8 Å². The number of ether oxygens (including phenoxy) is 1. The van der Waals surface area contributed by atoms with Crippen molar-refractivity contribution in [1.82, 2.24) is 4.90 Å². The Morgan fingerprint density at radius 2 is 1.76 bits per heavy atom. The second-order valence-electron chi connectivity index (χ2n) is 5.46. The predicted molar refractivity (Wildman–Crippen MR) is 74.7 cm³/mol. The van der Waals surface area contributed by atoms with Crippen molar-refractivity contribution in [2.45, 2.75) is 25.7 Å². The van der Waals surface area contributed by atoms with Gasteiger partial charge in [0.1, 0.15) is 0 Å². The molecule has 1 aromatic carbocycles. The molecule has 21 heavy (non-hydrogen) atoms. The van der Waals surface area contributed by atoms with Crippen LogP contribution in [0.3, 0.4) is 0 Å². The molecule has 5 heteroatoms. The summed E-state index contributed by atoms with van der Waals surface area (Å²) < 4.78 is 5.17. The number of rotatable bonds is 5. The van der Waals surface area contributed by atoms with E-state index in [2.05, 4.69) is 0 Å². The molecule has 2 aliphatic rings. The number of hydrogen-bond acceptors (Lipinski definition) is 4. The average Bonchev–Trinajstić information content (AvgIpc) is 2.67. The second-order valence-corrected chi connectivity index (χ2v) is 5.46. The van der Waals surface area contributed by atoms with E-state index in [0.29, 0.717) is 17.5 Å². The first-order valence-corrected chi connectivity index (χ1v) is 7.30. The van der Waals surface area contributed by atoms with Gasteiger partial charge < -0.3 is 4.74 Å². The predicted octanol–water partition coefficient (Wildman–Crippen LogP) is 2.02. The van der Waals surface area contributed by atoms with Gasteiger partial charge in [0, 0.05) is 6.54 Å². The summed E-state index contributed by atoms with van der Waals surface area (Å²) in [5.74, 6) is -0.616. The lowest BCUT2D eigenvalue weighted by molar-refractivity contribution is -0.151. The van der Waals surface area contributed by atoms with Crippen LogP contribution in [0.5, 0.6) is 0 Å². The normalized spacial score (nSPS) is 17.6. The molecular formula is C16H17NO4. The molecule has 3 rings (SSSR count). The van der Waals surface area contributed by atoms with E-state index >= 15 is 0 Å². The highest BCUT2D eigenvalue weighted by atomic mass is 16.5. The van der Waals surface area contributed by atoms with Crippen LogP contribution in [0.2, 0.25) is 0 Å². The summed E-state index contributed by atoms with van der Waals surface area (Å²) in [7, 11) is 0. The molecule has 0 bridgehead atoms. The summed E-state index contributed by atoms with van der Waals surface area (Å²) in [5, 5.41) is 0. The van der Waals surface area contributed by atoms with Gasteiger partial charge in [-0.15, -0.1) is 0 Å². The van der Waals surface area contributed by atoms with E-state index in [1.165, 1.54) is 4.90 Å². The Bertz CT molecular complexity index is 557. The van der Waals surface area contributed by atoms with Crippen LogP contribution in [0, 0.1) is 5.92 Å². The molecule has 2 amide bonds. The van der Waals surface area contributed by atoms with Crippen molar-refractivity contribution in [1.29, 1.82) is 0 Å². The Labute approximate surface area is 122 Å². The van der Waals surface area contributed by atoms with Crippen LogP contribution in [-0.4, -0.2) is 35.8 Å². The maximum atomic E-state index is 12.1. The summed E-state index contributed by atoms with van der Waals surface area (Å²) in [6, 6.07) is 6.81. The van der Waals surface area contributed by atoms with Crippen molar-refractivity contribution in [2.24, 2.45) is 5.92 Å². The van der Waals surface area contributed by atoms with Crippen LogP contribution < -0.4 is 0 Å². The maximum Gasteiger partial charge on any atom is 0.308 e. The van der Waals surface area contributed by atoms with E-state index < -0.39 is 0 Å². The van der Waals surface area contributed by atoms with Gasteiger partial charge in [0.05, 0.1) is 23.7 Å². The van der Waals surface area contributed by atoms with Gasteiger partial charge in [0.15, 0.2) is 0 Å². The van der Waals surface area contributed by atoms with Crippen LogP contribution in [0.4, 0.5) is 0 Å². The van der Waals surface area contributed by atoms with Gasteiger partial charge in [0.25, 0.3) is 11.8 Å². The average molecular weight is 287 g/mol. The first-order chi connectivity index (χ1) is 10.2. The Morgan fingerprint density at radius 3 is 2.29 bits per heavy atom. The third-order valence-electron chi connectivity index (χ3n) is 4.09. The highest BCUT2D eigenvalue weighted by Crippen LogP contribution is 2.27. The third-order valence-corrected chi connectivity index (χ3v) is 4.09. The summed E-state index contributed by atoms with van der Waals surface area (Å²) in [6.07, 6.45) is 3.40. The van der Waals surface area contributed by atoms with Crippen molar-refractivity contribution in [3.8, 4) is 0 Å². The minimum atomic E-state index is -0.263. The number of esters is 1. The number of nitrogens with zero attached hydrogens (tertiary/aromatic N) is 1. The van der Waals surface area contributed by atoms with E-state index in [1.807, 2.05) is 0 Å². The van der Waals surface area contributed by atoms with E-state index in [9.17, 15) is 14.4 Å². The summed E-state index contributed by atoms with van der Waals surface area (Å²) >= 11 is 0. The van der Waals surface area contributed by atoms with E-state index in [1.54, 1.807) is 24.3 Å². The Kier molecular flexibility index (Phi) is 3.73. The van der Waals surface area contributed by atoms with Gasteiger partial charge in [-0.3, -0.25) is 19.3 Å². The summed E-state index contributed by atoms with van der Waals surface area (Å²) in [5.41, 5.74) is 0.905. The highest BCUT2D eigenvalue weighted by molar-refractivity contribution is 6.21. The van der Waals surface area contributed by atoms with Crippen LogP contribution in [0.1, 0.15) is 46.4 Å². The Morgan fingerprint density at radius 1 is 1.14 bits per heavy atom. The first-order valence-electron chi connectivity index (χ1n) is 7.30. The maximum absolute atomic E-state index is 12.1. The van der Waals surface area contributed by atoms with Gasteiger partial charge in [-0.05, 0) is 31.4 Å². The third kappa shape index (κ3) is 2.55. The van der Waals surface area contributed by atoms with Crippen molar-refractivity contribution in [2.75, 3.05) is 13.2 Å². The van der Waals surface area contributed by atoms with Crippen molar-refractivity contribution in [3.05, 3.63) is 35.4 Å². The number of benzene rings is 1. The van der Waals surface area contributed by atoms with Crippen molar-refractivity contribution < 1.29 is 19.1 Å². The van der Waals surface area contributed by atoms with Crippen LogP contribution in [-0.2, 0) is 9.53 Å². The van der Waals surface area contributed by atoms with Crippen molar-refractivity contribution in [3.63, 3.8) is 0 Å². The van der Waals surface area contributed by atoms with E-state index in [4.69, 9.17) is 4.74 Å². The first kappa shape index (κ1) is 13.8. The monoisotopic (exact) mass is 287 g/mol. The number of hydrogen-bond donors (Lipinski definition) is 0. The molecule has 1 aliphatic carbocycles. The number of fused-ring (bicyclic) bond motifs is 1. The van der Waals surface area contributed by atoms with Gasteiger partial charge in [-0.1, -0.05) is 18.6 Å². The molecule has 0 aromatic heterocycles. The lowest BCUT2D eigenvalue weighted by atomic mass is 9.86. The SMILES string of the molecule is O=C(OCCCN1C(=O)c2ccccc2C1=O)C1CCC1. The Balaban J connectivity index is 1.49. The number of amides is 2. The van der Waals surface area contributed by atoms with Gasteiger partial charge >= 0.3 is 5.97 Å². The smallest absolute Gasteiger partial charge is 0.308 e. The Hall–Kier alpha value is -2.17. The largest absolute Gasteiger partial charge is 0.465 e. The molecule has 1 aliphatic heterocycles. The molecular weight excluding hydrogens is 270 g/mol. The van der Waals surface area contributed by atoms with Gasteiger partial charge in [0.2, 0.25) is 0 Å². The lowest BCUT2D eigenvalue weighted by Gasteiger charge is -2.23. The summed E-state index contributed by atoms with van der Waals surface area (Å²) in [4.78, 5) is 37.0. The van der Waals surface area contributed by atoms with Crippen LogP contribution >= 0.6 is 0 Å². The fourth-order valence-corrected chi connectivity index (χ4v) is 2.60. The zero-order valence-corrected chi connectivity index (χ0v) is 11.7. The molecule has 0 radical (unpaired) electrons. The molecule has 0 unspecified atom stereocenters. The number of carbonyl (C=O) groups is 3. The van der Waals surface area contributed by atoms with Crippen LogP contribution in [0.15, 0.2) is 24.3 Å². The second kappa shape index (κ2) is 5.68. The zero-order chi connectivity index (χ0) is 14.8. The lowest BCUT2D eigenvalue weighted by Crippen LogP contribution is -2.32. The molecule has 110 valence electrons. The molecule has 0 N–H and O–H groups in total. The standard InChI is InChI=1S/C16H17NO4/c18-14-12-7-1-2-8-13(12)15(19)17(14)9-4-10-21-16(20)11-5-3-6-11/h1-2,7-8,11H,3-6,9-10H2. The highest BCUT2D eigenvalue weighted by Gasteiger charge is 2.34. The topological polar surface area (TPSA) is 63.7 Å². The fourth-order valence-electron chi connectivity index (χ4n) is 2.60. The zero-order valence-electron chi connectivity index (χ0n) is 11.7. The van der Waals surface area contributed by atoms with Crippen LogP contribution in [0.25, 0.3) is 0 Å². The molecule has 0 spiro atoms. The minimum absolute atomic E-state index is 0.0595. The minimum Gasteiger partial charge on any atom is -0.465 e. The molecule has 1 saturated carbocycles. The quantitative estimate of drug-likeness (QED) is 0.472. The molecule has 0 saturated heterocycles. The number of imide groups is 1. The molecule has 5 nitrogen and oxygen atoms in total. The van der Waals surface area contributed by atoms with Gasteiger partial charge in [-0.25, -0.2) is 0 Å². The number of carbonyl (C=O) groups excluding carboxylic acids is 3. The molecule has 1 heterocycles. The summed E-state index contributed by atoms with van der Waals surface area (Å²) in [6.45, 7) is 0.535. The van der Waals surface area contributed by atoms with E-state index in [0.717, 1.165) is 19.3 Å². The van der Waals surface area contributed by atoms with Gasteiger partial charge in [-0.2, -0.15) is 0 Å². The fraction of sp³-hybridized carbons (Fsp3) is 0.438.